The van der Waals surface area contributed by atoms with Crippen LogP contribution >= 0.6 is 22.7 Å². The Labute approximate surface area is 295 Å². The van der Waals surface area contributed by atoms with E-state index in [2.05, 4.69) is 84.9 Å². The number of benzene rings is 6. The zero-order chi connectivity index (χ0) is 33.0. The van der Waals surface area contributed by atoms with E-state index < -0.39 is 0 Å². The van der Waals surface area contributed by atoms with Crippen LogP contribution in [-0.2, 0) is 0 Å². The van der Waals surface area contributed by atoms with Gasteiger partial charge in [0.1, 0.15) is 0 Å². The fourth-order valence-corrected chi connectivity index (χ4v) is 9.03. The van der Waals surface area contributed by atoms with Crippen LogP contribution < -0.4 is 0 Å². The standard InChI is InChI=1S/C43H25N5S2/c1-4-14-26(15-5-1)36-39-37(29-20-10-11-24-33(29)49-39)45-43(44-36)32-23-12-21-30-35-31(22-13-25-34(35)50-38(30)32)42-47-40(27-16-6-2-7-17-27)46-41(48-42)28-18-8-3-9-19-28/h1-25H. The molecule has 0 spiro atoms. The number of rotatable bonds is 5. The van der Waals surface area contributed by atoms with E-state index in [-0.39, 0.29) is 0 Å². The first kappa shape index (κ1) is 28.8. The Morgan fingerprint density at radius 3 is 1.58 bits per heavy atom. The van der Waals surface area contributed by atoms with Crippen molar-refractivity contribution in [3.8, 4) is 56.8 Å². The summed E-state index contributed by atoms with van der Waals surface area (Å²) in [7, 11) is 0. The second-order valence-corrected chi connectivity index (χ2v) is 14.1. The van der Waals surface area contributed by atoms with Crippen LogP contribution in [0, 0.1) is 0 Å². The van der Waals surface area contributed by atoms with E-state index in [0.29, 0.717) is 17.5 Å². The van der Waals surface area contributed by atoms with Crippen molar-refractivity contribution in [3.05, 3.63) is 152 Å². The number of aromatic nitrogens is 5. The molecule has 0 atom stereocenters. The van der Waals surface area contributed by atoms with E-state index in [0.717, 1.165) is 75.1 Å². The van der Waals surface area contributed by atoms with Crippen molar-refractivity contribution in [3.63, 3.8) is 0 Å². The second kappa shape index (κ2) is 11.8. The van der Waals surface area contributed by atoms with E-state index in [9.17, 15) is 0 Å². The summed E-state index contributed by atoms with van der Waals surface area (Å²) in [5.41, 5.74) is 6.89. The van der Waals surface area contributed by atoms with Crippen LogP contribution in [0.5, 0.6) is 0 Å². The number of hydrogen-bond acceptors (Lipinski definition) is 7. The molecule has 0 aliphatic heterocycles. The summed E-state index contributed by atoms with van der Waals surface area (Å²) in [6.45, 7) is 0. The summed E-state index contributed by atoms with van der Waals surface area (Å²) < 4.78 is 4.59. The maximum absolute atomic E-state index is 5.30. The maximum Gasteiger partial charge on any atom is 0.164 e. The molecule has 0 radical (unpaired) electrons. The molecular formula is C43H25N5S2. The fraction of sp³-hybridized carbons (Fsp3) is 0. The quantitative estimate of drug-likeness (QED) is 0.182. The summed E-state index contributed by atoms with van der Waals surface area (Å²) in [6.07, 6.45) is 0. The third-order valence-electron chi connectivity index (χ3n) is 8.97. The predicted molar refractivity (Wildman–Crippen MR) is 208 cm³/mol. The zero-order valence-corrected chi connectivity index (χ0v) is 28.1. The first-order chi connectivity index (χ1) is 24.8. The Balaban J connectivity index is 1.21. The Kier molecular flexibility index (Phi) is 6.79. The number of fused-ring (bicyclic) bond motifs is 6. The van der Waals surface area contributed by atoms with Gasteiger partial charge in [0.15, 0.2) is 23.3 Å². The van der Waals surface area contributed by atoms with Gasteiger partial charge in [-0.2, -0.15) is 0 Å². The molecule has 10 aromatic rings. The van der Waals surface area contributed by atoms with Gasteiger partial charge in [0, 0.05) is 58.1 Å². The molecule has 0 aliphatic rings. The minimum atomic E-state index is 0.641. The molecule has 0 N–H and O–H groups in total. The van der Waals surface area contributed by atoms with Crippen LogP contribution in [0.2, 0.25) is 0 Å². The molecule has 0 bridgehead atoms. The highest BCUT2D eigenvalue weighted by molar-refractivity contribution is 7.26. The molecule has 7 heteroatoms. The van der Waals surface area contributed by atoms with E-state index in [1.54, 1.807) is 22.7 Å². The highest BCUT2D eigenvalue weighted by atomic mass is 32.1. The molecule has 0 fully saturated rings. The molecular weight excluding hydrogens is 651 g/mol. The van der Waals surface area contributed by atoms with Crippen molar-refractivity contribution in [2.24, 2.45) is 0 Å². The Bertz CT molecular complexity index is 2810. The summed E-state index contributed by atoms with van der Waals surface area (Å²) in [4.78, 5) is 25.7. The van der Waals surface area contributed by atoms with Crippen molar-refractivity contribution >= 4 is 63.1 Å². The molecule has 5 nitrogen and oxygen atoms in total. The molecule has 0 saturated heterocycles. The van der Waals surface area contributed by atoms with Gasteiger partial charge in [0.05, 0.1) is 15.9 Å². The lowest BCUT2D eigenvalue weighted by Gasteiger charge is -2.10. The second-order valence-electron chi connectivity index (χ2n) is 12.0. The van der Waals surface area contributed by atoms with E-state index >= 15 is 0 Å². The van der Waals surface area contributed by atoms with Crippen molar-refractivity contribution in [2.75, 3.05) is 0 Å². The van der Waals surface area contributed by atoms with Crippen molar-refractivity contribution < 1.29 is 0 Å². The first-order valence-corrected chi connectivity index (χ1v) is 18.0. The highest BCUT2D eigenvalue weighted by Gasteiger charge is 2.21. The molecule has 6 aromatic carbocycles. The van der Waals surface area contributed by atoms with Gasteiger partial charge in [-0.15, -0.1) is 22.7 Å². The average molecular weight is 676 g/mol. The third-order valence-corrected chi connectivity index (χ3v) is 11.3. The van der Waals surface area contributed by atoms with E-state index in [1.807, 2.05) is 66.7 Å². The lowest BCUT2D eigenvalue weighted by Crippen LogP contribution is -2.00. The van der Waals surface area contributed by atoms with Crippen LogP contribution in [0.15, 0.2) is 152 Å². The van der Waals surface area contributed by atoms with Gasteiger partial charge in [-0.05, 0) is 18.2 Å². The normalized spacial score (nSPS) is 11.6. The lowest BCUT2D eigenvalue weighted by atomic mass is 10.0. The average Bonchev–Trinajstić information content (AvgIpc) is 3.77. The van der Waals surface area contributed by atoms with Gasteiger partial charge in [-0.1, -0.05) is 133 Å². The van der Waals surface area contributed by atoms with Crippen molar-refractivity contribution in [1.82, 2.24) is 24.9 Å². The maximum atomic E-state index is 5.30. The van der Waals surface area contributed by atoms with Crippen molar-refractivity contribution in [1.29, 1.82) is 0 Å². The molecule has 50 heavy (non-hydrogen) atoms. The topological polar surface area (TPSA) is 64.5 Å². The van der Waals surface area contributed by atoms with E-state index in [1.165, 1.54) is 4.70 Å². The van der Waals surface area contributed by atoms with E-state index in [4.69, 9.17) is 24.9 Å². The van der Waals surface area contributed by atoms with Crippen LogP contribution in [0.25, 0.3) is 97.3 Å². The van der Waals surface area contributed by atoms with Gasteiger partial charge in [0.25, 0.3) is 0 Å². The summed E-state index contributed by atoms with van der Waals surface area (Å²) in [6, 6.07) is 52.0. The van der Waals surface area contributed by atoms with Crippen LogP contribution in [0.1, 0.15) is 0 Å². The highest BCUT2D eigenvalue weighted by Crippen LogP contribution is 2.45. The molecule has 4 heterocycles. The SMILES string of the molecule is c1ccc(-c2nc(-c3ccccc3)nc(-c3cccc4sc5c(-c6nc(-c7ccccc7)c7sc8ccccc8c7n6)cccc5c34)n2)cc1. The fourth-order valence-electron chi connectivity index (χ4n) is 6.64. The van der Waals surface area contributed by atoms with Crippen molar-refractivity contribution in [2.45, 2.75) is 0 Å². The lowest BCUT2D eigenvalue weighted by molar-refractivity contribution is 1.08. The molecule has 4 aromatic heterocycles. The van der Waals surface area contributed by atoms with Gasteiger partial charge in [0.2, 0.25) is 0 Å². The monoisotopic (exact) mass is 675 g/mol. The Morgan fingerprint density at radius 2 is 0.860 bits per heavy atom. The van der Waals surface area contributed by atoms with Crippen LogP contribution in [0.3, 0.4) is 0 Å². The van der Waals surface area contributed by atoms with Gasteiger partial charge in [-0.25, -0.2) is 24.9 Å². The smallest absolute Gasteiger partial charge is 0.164 e. The minimum Gasteiger partial charge on any atom is -0.226 e. The predicted octanol–water partition coefficient (Wildman–Crippen LogP) is 11.7. The van der Waals surface area contributed by atoms with Crippen LogP contribution in [0.4, 0.5) is 0 Å². The molecule has 0 aliphatic carbocycles. The zero-order valence-electron chi connectivity index (χ0n) is 26.5. The van der Waals surface area contributed by atoms with Gasteiger partial charge >= 0.3 is 0 Å². The summed E-state index contributed by atoms with van der Waals surface area (Å²) in [5.74, 6) is 2.65. The molecule has 0 saturated carbocycles. The number of nitrogens with zero attached hydrogens (tertiary/aromatic N) is 5. The molecule has 234 valence electrons. The largest absolute Gasteiger partial charge is 0.226 e. The molecule has 0 amide bonds. The number of hydrogen-bond donors (Lipinski definition) is 0. The number of thiophene rings is 2. The third kappa shape index (κ3) is 4.78. The van der Waals surface area contributed by atoms with Gasteiger partial charge in [-0.3, -0.25) is 0 Å². The summed E-state index contributed by atoms with van der Waals surface area (Å²) >= 11 is 3.51. The first-order valence-electron chi connectivity index (χ1n) is 16.3. The Morgan fingerprint density at radius 1 is 0.340 bits per heavy atom. The molecule has 0 unspecified atom stereocenters. The minimum absolute atomic E-state index is 0.641. The summed E-state index contributed by atoms with van der Waals surface area (Å²) in [5, 5.41) is 3.39. The Hall–Kier alpha value is -6.15. The van der Waals surface area contributed by atoms with Gasteiger partial charge < -0.3 is 0 Å². The van der Waals surface area contributed by atoms with Crippen LogP contribution in [-0.4, -0.2) is 24.9 Å². The molecule has 10 rings (SSSR count).